The zero-order valence-corrected chi connectivity index (χ0v) is 13.8. The molecule has 21 heavy (non-hydrogen) atoms. The Labute approximate surface area is 133 Å². The summed E-state index contributed by atoms with van der Waals surface area (Å²) in [5.41, 5.74) is 0.806. The molecule has 0 heterocycles. The molecule has 1 aromatic rings. The van der Waals surface area contributed by atoms with E-state index in [4.69, 9.17) is 4.74 Å². The van der Waals surface area contributed by atoms with Crippen LogP contribution in [0, 0.1) is 0 Å². The molecular weight excluding hydrogens is 288 g/mol. The third-order valence-electron chi connectivity index (χ3n) is 4.30. The zero-order chi connectivity index (χ0) is 14.6. The van der Waals surface area contributed by atoms with E-state index in [0.29, 0.717) is 0 Å². The molecule has 1 saturated carbocycles. The molecule has 0 unspecified atom stereocenters. The van der Waals surface area contributed by atoms with Crippen LogP contribution in [0.5, 0.6) is 5.75 Å². The fourth-order valence-electron chi connectivity index (χ4n) is 2.81. The summed E-state index contributed by atoms with van der Waals surface area (Å²) in [6.07, 6.45) is 3.02. The Hall–Kier alpha value is -1.26. The fourth-order valence-corrected chi connectivity index (χ4v) is 2.81. The molecule has 118 valence electrons. The molecule has 1 aliphatic rings. The SMILES string of the molecule is CNCCN(C)C(=O)C1(c2ccc(OC)cc2)CCC1.Cl. The highest BCUT2D eigenvalue weighted by molar-refractivity contribution is 5.89. The number of halogens is 1. The molecule has 0 aromatic heterocycles. The predicted molar refractivity (Wildman–Crippen MR) is 87.3 cm³/mol. The lowest BCUT2D eigenvalue weighted by molar-refractivity contribution is -0.139. The second-order valence-electron chi connectivity index (χ2n) is 5.49. The van der Waals surface area contributed by atoms with E-state index in [0.717, 1.165) is 43.7 Å². The largest absolute Gasteiger partial charge is 0.497 e. The summed E-state index contributed by atoms with van der Waals surface area (Å²) in [6, 6.07) is 7.94. The van der Waals surface area contributed by atoms with Crippen molar-refractivity contribution >= 4 is 18.3 Å². The number of nitrogens with zero attached hydrogens (tertiary/aromatic N) is 1. The van der Waals surface area contributed by atoms with E-state index in [1.54, 1.807) is 7.11 Å². The number of ether oxygens (including phenoxy) is 1. The van der Waals surface area contributed by atoms with Gasteiger partial charge in [0.2, 0.25) is 5.91 Å². The Balaban J connectivity index is 0.00000220. The summed E-state index contributed by atoms with van der Waals surface area (Å²) in [7, 11) is 5.45. The first-order valence-electron chi connectivity index (χ1n) is 7.19. The van der Waals surface area contributed by atoms with Crippen LogP contribution >= 0.6 is 12.4 Å². The molecule has 1 N–H and O–H groups in total. The Kier molecular flexibility index (Phi) is 6.49. The van der Waals surface area contributed by atoms with Crippen LogP contribution in [0.1, 0.15) is 24.8 Å². The zero-order valence-electron chi connectivity index (χ0n) is 13.0. The second kappa shape index (κ2) is 7.66. The van der Waals surface area contributed by atoms with E-state index in [9.17, 15) is 4.79 Å². The van der Waals surface area contributed by atoms with E-state index in [-0.39, 0.29) is 23.7 Å². The van der Waals surface area contributed by atoms with Gasteiger partial charge in [0.05, 0.1) is 12.5 Å². The van der Waals surface area contributed by atoms with Crippen molar-refractivity contribution in [3.8, 4) is 5.75 Å². The highest BCUT2D eigenvalue weighted by atomic mass is 35.5. The van der Waals surface area contributed by atoms with Crippen LogP contribution in [0.2, 0.25) is 0 Å². The van der Waals surface area contributed by atoms with Crippen molar-refractivity contribution in [1.29, 1.82) is 0 Å². The van der Waals surface area contributed by atoms with Gasteiger partial charge < -0.3 is 15.0 Å². The van der Waals surface area contributed by atoms with Crippen molar-refractivity contribution in [2.24, 2.45) is 0 Å². The smallest absolute Gasteiger partial charge is 0.233 e. The lowest BCUT2D eigenvalue weighted by atomic mass is 9.63. The normalized spacial score (nSPS) is 15.6. The van der Waals surface area contributed by atoms with Crippen molar-refractivity contribution < 1.29 is 9.53 Å². The lowest BCUT2D eigenvalue weighted by Gasteiger charge is -2.43. The predicted octanol–water partition coefficient (Wildman–Crippen LogP) is 2.22. The molecule has 2 rings (SSSR count). The van der Waals surface area contributed by atoms with Gasteiger partial charge in [-0.3, -0.25) is 4.79 Å². The summed E-state index contributed by atoms with van der Waals surface area (Å²) in [5.74, 6) is 1.07. The van der Waals surface area contributed by atoms with Crippen LogP contribution in [-0.2, 0) is 10.2 Å². The number of hydrogen-bond donors (Lipinski definition) is 1. The number of hydrogen-bond acceptors (Lipinski definition) is 3. The van der Waals surface area contributed by atoms with Gasteiger partial charge in [0.25, 0.3) is 0 Å². The van der Waals surface area contributed by atoms with Crippen LogP contribution < -0.4 is 10.1 Å². The average molecular weight is 313 g/mol. The molecule has 1 fully saturated rings. The number of rotatable bonds is 6. The topological polar surface area (TPSA) is 41.6 Å². The van der Waals surface area contributed by atoms with Gasteiger partial charge in [-0.1, -0.05) is 18.6 Å². The van der Waals surface area contributed by atoms with Gasteiger partial charge in [0.15, 0.2) is 0 Å². The first kappa shape index (κ1) is 17.8. The Morgan fingerprint density at radius 1 is 1.33 bits per heavy atom. The number of methoxy groups -OCH3 is 1. The molecule has 4 nitrogen and oxygen atoms in total. The van der Waals surface area contributed by atoms with Gasteiger partial charge >= 0.3 is 0 Å². The lowest BCUT2D eigenvalue weighted by Crippen LogP contribution is -2.50. The third-order valence-corrected chi connectivity index (χ3v) is 4.30. The number of carbonyl (C=O) groups excluding carboxylic acids is 1. The van der Waals surface area contributed by atoms with E-state index in [2.05, 4.69) is 5.32 Å². The maximum atomic E-state index is 12.8. The van der Waals surface area contributed by atoms with Crippen LogP contribution in [0.4, 0.5) is 0 Å². The van der Waals surface area contributed by atoms with Crippen molar-refractivity contribution in [1.82, 2.24) is 10.2 Å². The van der Waals surface area contributed by atoms with Crippen LogP contribution in [-0.4, -0.2) is 45.1 Å². The van der Waals surface area contributed by atoms with Gasteiger partial charge in [-0.05, 0) is 37.6 Å². The van der Waals surface area contributed by atoms with Crippen LogP contribution in [0.3, 0.4) is 0 Å². The number of benzene rings is 1. The van der Waals surface area contributed by atoms with Gasteiger partial charge in [-0.25, -0.2) is 0 Å². The molecule has 1 aromatic carbocycles. The number of carbonyl (C=O) groups is 1. The standard InChI is InChI=1S/C16H24N2O2.ClH/c1-17-11-12-18(2)15(19)16(9-4-10-16)13-5-7-14(20-3)8-6-13;/h5-8,17H,4,9-12H2,1-3H3;1H. The molecule has 0 bridgehead atoms. The number of likely N-dealkylation sites (N-methyl/N-ethyl adjacent to an activating group) is 2. The minimum absolute atomic E-state index is 0. The minimum atomic E-state index is -0.311. The molecule has 0 atom stereocenters. The summed E-state index contributed by atoms with van der Waals surface area (Å²) >= 11 is 0. The maximum absolute atomic E-state index is 12.8. The first-order valence-corrected chi connectivity index (χ1v) is 7.19. The molecular formula is C16H25ClN2O2. The third kappa shape index (κ3) is 3.50. The highest BCUT2D eigenvalue weighted by Crippen LogP contribution is 2.45. The van der Waals surface area contributed by atoms with Crippen LogP contribution in [0.25, 0.3) is 0 Å². The van der Waals surface area contributed by atoms with Crippen LogP contribution in [0.15, 0.2) is 24.3 Å². The van der Waals surface area contributed by atoms with Gasteiger partial charge in [0, 0.05) is 20.1 Å². The molecule has 0 spiro atoms. The Morgan fingerprint density at radius 3 is 2.38 bits per heavy atom. The first-order chi connectivity index (χ1) is 9.64. The van der Waals surface area contributed by atoms with Gasteiger partial charge in [-0.15, -0.1) is 12.4 Å². The van der Waals surface area contributed by atoms with Crippen molar-refractivity contribution in [2.75, 3.05) is 34.3 Å². The van der Waals surface area contributed by atoms with Crippen molar-refractivity contribution in [3.05, 3.63) is 29.8 Å². The molecule has 1 aliphatic carbocycles. The summed E-state index contributed by atoms with van der Waals surface area (Å²) < 4.78 is 5.19. The quantitative estimate of drug-likeness (QED) is 0.875. The van der Waals surface area contributed by atoms with Gasteiger partial charge in [0.1, 0.15) is 5.75 Å². The van der Waals surface area contributed by atoms with Gasteiger partial charge in [-0.2, -0.15) is 0 Å². The molecule has 5 heteroatoms. The molecule has 0 radical (unpaired) electrons. The van der Waals surface area contributed by atoms with E-state index in [1.807, 2.05) is 43.3 Å². The highest BCUT2D eigenvalue weighted by Gasteiger charge is 2.46. The minimum Gasteiger partial charge on any atom is -0.497 e. The van der Waals surface area contributed by atoms with E-state index >= 15 is 0 Å². The van der Waals surface area contributed by atoms with Crippen molar-refractivity contribution in [2.45, 2.75) is 24.7 Å². The monoisotopic (exact) mass is 312 g/mol. The number of amides is 1. The average Bonchev–Trinajstić information content (AvgIpc) is 2.44. The Bertz CT molecular complexity index is 458. The number of nitrogens with one attached hydrogen (secondary N) is 1. The Morgan fingerprint density at radius 2 is 1.95 bits per heavy atom. The second-order valence-corrected chi connectivity index (χ2v) is 5.49. The maximum Gasteiger partial charge on any atom is 0.233 e. The molecule has 0 aliphatic heterocycles. The van der Waals surface area contributed by atoms with Crippen molar-refractivity contribution in [3.63, 3.8) is 0 Å². The van der Waals surface area contributed by atoms with E-state index < -0.39 is 0 Å². The van der Waals surface area contributed by atoms with E-state index in [1.165, 1.54) is 0 Å². The molecule has 1 amide bonds. The summed E-state index contributed by atoms with van der Waals surface area (Å²) in [6.45, 7) is 1.56. The summed E-state index contributed by atoms with van der Waals surface area (Å²) in [5, 5.41) is 3.09. The summed E-state index contributed by atoms with van der Waals surface area (Å²) in [4.78, 5) is 14.6. The fraction of sp³-hybridized carbons (Fsp3) is 0.562. The molecule has 0 saturated heterocycles.